The highest BCUT2D eigenvalue weighted by atomic mass is 32.3. The topological polar surface area (TPSA) is 107 Å². The molecule has 2 aromatic rings. The average Bonchev–Trinajstić information content (AvgIpc) is 2.35. The average molecular weight is 307 g/mol. The van der Waals surface area contributed by atoms with Crippen LogP contribution in [0.25, 0.3) is 12.2 Å². The fraction of sp³-hybridized carbons (Fsp3) is 0. The van der Waals surface area contributed by atoms with Crippen molar-refractivity contribution >= 4 is 22.6 Å². The third kappa shape index (κ3) is 4.83. The van der Waals surface area contributed by atoms with E-state index in [1.165, 1.54) is 30.3 Å². The van der Waals surface area contributed by atoms with Crippen molar-refractivity contribution in [3.8, 4) is 17.2 Å². The lowest BCUT2D eigenvalue weighted by molar-refractivity contribution is 0.372. The highest BCUT2D eigenvalue weighted by molar-refractivity contribution is 7.81. The van der Waals surface area contributed by atoms with Gasteiger partial charge >= 0.3 is 0 Å². The normalized spacial score (nSPS) is 11.7. The summed E-state index contributed by atoms with van der Waals surface area (Å²) in [7, 11) is -4.78. The molecule has 0 atom stereocenters. The Morgan fingerprint density at radius 1 is 0.905 bits per heavy atom. The van der Waals surface area contributed by atoms with Crippen molar-refractivity contribution < 1.29 is 27.4 Å². The smallest absolute Gasteiger partial charge is 0.262 e. The fourth-order valence-corrected chi connectivity index (χ4v) is 2.01. The monoisotopic (exact) mass is 307 g/mol. The van der Waals surface area contributed by atoms with Crippen molar-refractivity contribution in [2.45, 2.75) is 0 Å². The van der Waals surface area contributed by atoms with E-state index in [0.717, 1.165) is 0 Å². The molecule has 2 N–H and O–H groups in total. The second-order valence-electron chi connectivity index (χ2n) is 4.18. The molecule has 0 radical (unpaired) electrons. The van der Waals surface area contributed by atoms with E-state index in [1.807, 2.05) is 0 Å². The maximum atomic E-state index is 10.4. The summed E-state index contributed by atoms with van der Waals surface area (Å²) in [5.41, 5.74) is 1.31. The van der Waals surface area contributed by atoms with Gasteiger partial charge in [0, 0.05) is 6.07 Å². The van der Waals surface area contributed by atoms with E-state index in [-0.39, 0.29) is 17.2 Å². The van der Waals surface area contributed by atoms with E-state index in [0.29, 0.717) is 11.1 Å². The lowest BCUT2D eigenvalue weighted by Crippen LogP contribution is -2.06. The molecule has 0 saturated heterocycles. The minimum Gasteiger partial charge on any atom is -0.716 e. The summed E-state index contributed by atoms with van der Waals surface area (Å²) >= 11 is 0. The summed E-state index contributed by atoms with van der Waals surface area (Å²) in [4.78, 5) is 0. The first kappa shape index (κ1) is 14.9. The largest absolute Gasteiger partial charge is 0.716 e. The number of phenolic OH excluding ortho intramolecular Hbond substituents is 2. The van der Waals surface area contributed by atoms with Gasteiger partial charge in [-0.2, -0.15) is 0 Å². The second kappa shape index (κ2) is 5.86. The Labute approximate surface area is 121 Å². The molecule has 0 heterocycles. The Morgan fingerprint density at radius 2 is 1.43 bits per heavy atom. The molecule has 0 aliphatic heterocycles. The summed E-state index contributed by atoms with van der Waals surface area (Å²) in [6.45, 7) is 0. The van der Waals surface area contributed by atoms with Gasteiger partial charge < -0.3 is 18.9 Å². The van der Waals surface area contributed by atoms with Crippen molar-refractivity contribution in [1.29, 1.82) is 0 Å². The van der Waals surface area contributed by atoms with E-state index in [4.69, 9.17) is 0 Å². The molecule has 0 bridgehead atoms. The first-order chi connectivity index (χ1) is 9.82. The predicted molar refractivity (Wildman–Crippen MR) is 75.5 cm³/mol. The molecular formula is C14H11O6S-. The van der Waals surface area contributed by atoms with Crippen LogP contribution in [0.15, 0.2) is 42.5 Å². The maximum Gasteiger partial charge on any atom is 0.262 e. The van der Waals surface area contributed by atoms with Crippen molar-refractivity contribution in [3.63, 3.8) is 0 Å². The van der Waals surface area contributed by atoms with Gasteiger partial charge in [-0.05, 0) is 35.4 Å². The molecule has 0 aliphatic rings. The molecule has 0 aliphatic carbocycles. The first-order valence-corrected chi connectivity index (χ1v) is 7.12. The van der Waals surface area contributed by atoms with Crippen LogP contribution in [0, 0.1) is 0 Å². The van der Waals surface area contributed by atoms with Crippen LogP contribution in [0.3, 0.4) is 0 Å². The van der Waals surface area contributed by atoms with Crippen molar-refractivity contribution in [2.75, 3.05) is 0 Å². The van der Waals surface area contributed by atoms with Crippen LogP contribution in [0.4, 0.5) is 0 Å². The highest BCUT2D eigenvalue weighted by Gasteiger charge is 1.99. The zero-order valence-electron chi connectivity index (χ0n) is 10.6. The molecule has 0 aromatic heterocycles. The number of phenols is 2. The molecule has 6 nitrogen and oxygen atoms in total. The molecule has 0 fully saturated rings. The summed E-state index contributed by atoms with van der Waals surface area (Å²) < 4.78 is 35.4. The van der Waals surface area contributed by atoms with E-state index in [1.54, 1.807) is 24.3 Å². The van der Waals surface area contributed by atoms with Gasteiger partial charge in [0.1, 0.15) is 17.2 Å². The number of benzene rings is 2. The van der Waals surface area contributed by atoms with Crippen LogP contribution in [0.2, 0.25) is 0 Å². The minimum absolute atomic E-state index is 0.0564. The Kier molecular flexibility index (Phi) is 4.15. The highest BCUT2D eigenvalue weighted by Crippen LogP contribution is 2.22. The molecular weight excluding hydrogens is 296 g/mol. The maximum absolute atomic E-state index is 10.4. The molecule has 0 amide bonds. The van der Waals surface area contributed by atoms with Crippen molar-refractivity contribution in [2.24, 2.45) is 0 Å². The van der Waals surface area contributed by atoms with E-state index < -0.39 is 10.4 Å². The zero-order chi connectivity index (χ0) is 15.5. The van der Waals surface area contributed by atoms with Crippen LogP contribution in [0.1, 0.15) is 11.1 Å². The summed E-state index contributed by atoms with van der Waals surface area (Å²) in [6.07, 6.45) is 3.34. The number of hydrogen-bond acceptors (Lipinski definition) is 6. The standard InChI is InChI=1S/C14H12O6S/c15-12-7-11(8-13(16)9-12)2-1-10-3-5-14(6-4-10)20-21(17,18)19/h1-9,15-16H,(H,17,18,19)/p-1/b2-1+. The van der Waals surface area contributed by atoms with Gasteiger partial charge in [0.25, 0.3) is 10.4 Å². The lowest BCUT2D eigenvalue weighted by Gasteiger charge is -2.08. The fourth-order valence-electron chi connectivity index (χ4n) is 1.66. The molecule has 0 saturated carbocycles. The summed E-state index contributed by atoms with van der Waals surface area (Å²) in [5.74, 6) is -0.185. The van der Waals surface area contributed by atoms with Gasteiger partial charge in [0.2, 0.25) is 0 Å². The van der Waals surface area contributed by atoms with Crippen molar-refractivity contribution in [1.82, 2.24) is 0 Å². The first-order valence-electron chi connectivity index (χ1n) is 5.78. The SMILES string of the molecule is O=S(=O)([O-])Oc1ccc(/C=C/c2cc(O)cc(O)c2)cc1. The van der Waals surface area contributed by atoms with E-state index in [2.05, 4.69) is 4.18 Å². The lowest BCUT2D eigenvalue weighted by atomic mass is 10.1. The molecule has 21 heavy (non-hydrogen) atoms. The Morgan fingerprint density at radius 3 is 1.95 bits per heavy atom. The van der Waals surface area contributed by atoms with Gasteiger partial charge in [-0.1, -0.05) is 24.3 Å². The van der Waals surface area contributed by atoms with E-state index in [9.17, 15) is 23.2 Å². The third-order valence-electron chi connectivity index (χ3n) is 2.47. The number of rotatable bonds is 4. The quantitative estimate of drug-likeness (QED) is 0.509. The van der Waals surface area contributed by atoms with Crippen LogP contribution in [-0.2, 0) is 10.4 Å². The molecule has 0 spiro atoms. The van der Waals surface area contributed by atoms with Gasteiger partial charge in [-0.3, -0.25) is 0 Å². The van der Waals surface area contributed by atoms with Gasteiger partial charge in [0.15, 0.2) is 0 Å². The van der Waals surface area contributed by atoms with Crippen LogP contribution in [0.5, 0.6) is 17.2 Å². The predicted octanol–water partition coefficient (Wildman–Crippen LogP) is 2.11. The molecule has 7 heteroatoms. The summed E-state index contributed by atoms with van der Waals surface area (Å²) in [5, 5.41) is 18.7. The van der Waals surface area contributed by atoms with Gasteiger partial charge in [0.05, 0.1) is 0 Å². The minimum atomic E-state index is -4.78. The molecule has 0 unspecified atom stereocenters. The number of hydrogen-bond donors (Lipinski definition) is 2. The third-order valence-corrected chi connectivity index (χ3v) is 2.87. The Balaban J connectivity index is 2.14. The van der Waals surface area contributed by atoms with Crippen LogP contribution >= 0.6 is 0 Å². The van der Waals surface area contributed by atoms with E-state index >= 15 is 0 Å². The molecule has 2 aromatic carbocycles. The van der Waals surface area contributed by atoms with Gasteiger partial charge in [-0.25, -0.2) is 8.42 Å². The molecule has 110 valence electrons. The number of aromatic hydroxyl groups is 2. The Bertz CT molecular complexity index is 742. The van der Waals surface area contributed by atoms with Crippen LogP contribution in [-0.4, -0.2) is 23.2 Å². The molecule has 2 rings (SSSR count). The Hall–Kier alpha value is -2.51. The van der Waals surface area contributed by atoms with Crippen LogP contribution < -0.4 is 4.18 Å². The zero-order valence-corrected chi connectivity index (χ0v) is 11.4. The van der Waals surface area contributed by atoms with Crippen molar-refractivity contribution in [3.05, 3.63) is 53.6 Å². The van der Waals surface area contributed by atoms with Gasteiger partial charge in [-0.15, -0.1) is 0 Å². The second-order valence-corrected chi connectivity index (χ2v) is 5.16. The summed E-state index contributed by atoms with van der Waals surface area (Å²) in [6, 6.07) is 9.95.